The van der Waals surface area contributed by atoms with E-state index in [0.717, 1.165) is 10.4 Å². The molecular formula is C12H9N3OS. The van der Waals surface area contributed by atoms with Crippen LogP contribution < -0.4 is 5.32 Å². The normalized spacial score (nSPS) is 9.59. The molecule has 0 spiro atoms. The minimum absolute atomic E-state index is 0.153. The van der Waals surface area contributed by atoms with Crippen molar-refractivity contribution in [1.29, 1.82) is 5.26 Å². The second-order valence-corrected chi connectivity index (χ2v) is 4.31. The van der Waals surface area contributed by atoms with E-state index in [4.69, 9.17) is 5.26 Å². The van der Waals surface area contributed by atoms with Crippen LogP contribution in [0.2, 0.25) is 0 Å². The largest absolute Gasteiger partial charge is 0.301 e. The van der Waals surface area contributed by atoms with Gasteiger partial charge in [-0.3, -0.25) is 4.79 Å². The van der Waals surface area contributed by atoms with Crippen LogP contribution in [0.5, 0.6) is 0 Å². The van der Waals surface area contributed by atoms with Crippen LogP contribution in [0.15, 0.2) is 36.5 Å². The van der Waals surface area contributed by atoms with E-state index >= 15 is 0 Å². The molecule has 0 radical (unpaired) electrons. The molecule has 0 saturated heterocycles. The number of anilines is 1. The van der Waals surface area contributed by atoms with E-state index in [2.05, 4.69) is 10.3 Å². The number of benzene rings is 1. The molecule has 0 aliphatic carbocycles. The molecule has 1 aromatic carbocycles. The quantitative estimate of drug-likeness (QED) is 0.901. The van der Waals surface area contributed by atoms with Crippen LogP contribution in [-0.4, -0.2) is 10.9 Å². The second-order valence-electron chi connectivity index (χ2n) is 3.28. The van der Waals surface area contributed by atoms with Crippen LogP contribution in [0.4, 0.5) is 5.13 Å². The number of thiazole rings is 1. The molecule has 1 aromatic heterocycles. The number of nitrogens with zero attached hydrogens (tertiary/aromatic N) is 2. The Kier molecular flexibility index (Phi) is 3.48. The van der Waals surface area contributed by atoms with Crippen LogP contribution >= 0.6 is 11.3 Å². The molecule has 0 bridgehead atoms. The summed E-state index contributed by atoms with van der Waals surface area (Å²) >= 11 is 1.39. The number of hydrogen-bond donors (Lipinski definition) is 1. The van der Waals surface area contributed by atoms with Crippen LogP contribution in [0.3, 0.4) is 0 Å². The van der Waals surface area contributed by atoms with Crippen molar-refractivity contribution in [1.82, 2.24) is 4.98 Å². The molecule has 1 heterocycles. The molecule has 0 aliphatic heterocycles. The van der Waals surface area contributed by atoms with Gasteiger partial charge in [-0.2, -0.15) is 5.26 Å². The van der Waals surface area contributed by atoms with Crippen molar-refractivity contribution in [3.63, 3.8) is 0 Å². The summed E-state index contributed by atoms with van der Waals surface area (Å²) in [7, 11) is 0. The molecular weight excluding hydrogens is 234 g/mol. The first-order chi connectivity index (χ1) is 8.29. The van der Waals surface area contributed by atoms with Gasteiger partial charge in [0, 0.05) is 6.20 Å². The van der Waals surface area contributed by atoms with Gasteiger partial charge in [0.2, 0.25) is 5.91 Å². The van der Waals surface area contributed by atoms with Crippen LogP contribution in [0.1, 0.15) is 6.42 Å². The maximum absolute atomic E-state index is 11.2. The highest BCUT2D eigenvalue weighted by atomic mass is 32.1. The molecule has 4 nitrogen and oxygen atoms in total. The smallest absolute Gasteiger partial charge is 0.240 e. The van der Waals surface area contributed by atoms with E-state index < -0.39 is 0 Å². The maximum Gasteiger partial charge on any atom is 0.240 e. The predicted molar refractivity (Wildman–Crippen MR) is 66.4 cm³/mol. The topological polar surface area (TPSA) is 65.8 Å². The number of carbonyl (C=O) groups is 1. The summed E-state index contributed by atoms with van der Waals surface area (Å²) in [5.74, 6) is -0.332. The van der Waals surface area contributed by atoms with Gasteiger partial charge < -0.3 is 5.32 Å². The van der Waals surface area contributed by atoms with Crippen LogP contribution in [0.25, 0.3) is 10.4 Å². The third kappa shape index (κ3) is 2.89. The molecule has 17 heavy (non-hydrogen) atoms. The van der Waals surface area contributed by atoms with E-state index in [0.29, 0.717) is 5.13 Å². The fraction of sp³-hybridized carbons (Fsp3) is 0.0833. The highest BCUT2D eigenvalue weighted by molar-refractivity contribution is 7.19. The SMILES string of the molecule is N#CCC(=O)Nc1ncc(-c2ccccc2)s1. The fourth-order valence-electron chi connectivity index (χ4n) is 1.30. The van der Waals surface area contributed by atoms with Crippen molar-refractivity contribution >= 4 is 22.4 Å². The molecule has 0 aliphatic rings. The molecule has 2 aromatic rings. The summed E-state index contributed by atoms with van der Waals surface area (Å²) in [6.45, 7) is 0. The molecule has 0 fully saturated rings. The van der Waals surface area contributed by atoms with Crippen molar-refractivity contribution in [3.05, 3.63) is 36.5 Å². The van der Waals surface area contributed by atoms with Gasteiger partial charge in [0.25, 0.3) is 0 Å². The van der Waals surface area contributed by atoms with E-state index in [1.54, 1.807) is 12.3 Å². The summed E-state index contributed by atoms with van der Waals surface area (Å²) in [5.41, 5.74) is 1.06. The average Bonchev–Trinajstić information content (AvgIpc) is 2.79. The molecule has 0 saturated carbocycles. The first-order valence-corrected chi connectivity index (χ1v) is 5.79. The lowest BCUT2D eigenvalue weighted by molar-refractivity contribution is -0.115. The average molecular weight is 243 g/mol. The van der Waals surface area contributed by atoms with Crippen molar-refractivity contribution in [3.8, 4) is 16.5 Å². The standard InChI is InChI=1S/C12H9N3OS/c13-7-6-11(16)15-12-14-8-10(17-12)9-4-2-1-3-5-9/h1-5,8H,6H2,(H,14,15,16). The first-order valence-electron chi connectivity index (χ1n) is 4.97. The Labute approximate surface area is 103 Å². The second kappa shape index (κ2) is 5.23. The summed E-state index contributed by atoms with van der Waals surface area (Å²) in [5, 5.41) is 11.5. The number of rotatable bonds is 3. The summed E-state index contributed by atoms with van der Waals surface area (Å²) in [6, 6.07) is 11.6. The Bertz CT molecular complexity index is 557. The number of carbonyl (C=O) groups excluding carboxylic acids is 1. The summed E-state index contributed by atoms with van der Waals surface area (Å²) in [4.78, 5) is 16.3. The lowest BCUT2D eigenvalue weighted by Gasteiger charge is -1.96. The molecule has 0 unspecified atom stereocenters. The Morgan fingerprint density at radius 1 is 1.41 bits per heavy atom. The van der Waals surface area contributed by atoms with Crippen molar-refractivity contribution in [2.45, 2.75) is 6.42 Å². The van der Waals surface area contributed by atoms with Gasteiger partial charge in [0.15, 0.2) is 5.13 Å². The van der Waals surface area contributed by atoms with E-state index in [1.807, 2.05) is 30.3 Å². The van der Waals surface area contributed by atoms with Crippen molar-refractivity contribution in [2.75, 3.05) is 5.32 Å². The van der Waals surface area contributed by atoms with E-state index in [-0.39, 0.29) is 12.3 Å². The molecule has 5 heteroatoms. The maximum atomic E-state index is 11.2. The van der Waals surface area contributed by atoms with Gasteiger partial charge in [0.1, 0.15) is 6.42 Å². The third-order valence-corrected chi connectivity index (χ3v) is 3.01. The number of amides is 1. The van der Waals surface area contributed by atoms with Crippen LogP contribution in [0, 0.1) is 11.3 Å². The zero-order chi connectivity index (χ0) is 12.1. The minimum atomic E-state index is -0.332. The molecule has 0 atom stereocenters. The van der Waals surface area contributed by atoms with Crippen LogP contribution in [-0.2, 0) is 4.79 Å². The number of aromatic nitrogens is 1. The Morgan fingerprint density at radius 3 is 2.88 bits per heavy atom. The van der Waals surface area contributed by atoms with Gasteiger partial charge >= 0.3 is 0 Å². The lowest BCUT2D eigenvalue weighted by atomic mass is 10.2. The third-order valence-electron chi connectivity index (χ3n) is 2.05. The lowest BCUT2D eigenvalue weighted by Crippen LogP contribution is -2.09. The number of nitrogens with one attached hydrogen (secondary N) is 1. The highest BCUT2D eigenvalue weighted by Gasteiger charge is 2.07. The summed E-state index contributed by atoms with van der Waals surface area (Å²) in [6.07, 6.45) is 1.56. The summed E-state index contributed by atoms with van der Waals surface area (Å²) < 4.78 is 0. The minimum Gasteiger partial charge on any atom is -0.301 e. The number of nitriles is 1. The van der Waals surface area contributed by atoms with Gasteiger partial charge in [-0.05, 0) is 5.56 Å². The predicted octanol–water partition coefficient (Wildman–Crippen LogP) is 2.66. The van der Waals surface area contributed by atoms with E-state index in [9.17, 15) is 4.79 Å². The number of hydrogen-bond acceptors (Lipinski definition) is 4. The Hall–Kier alpha value is -2.19. The van der Waals surface area contributed by atoms with Gasteiger partial charge in [-0.15, -0.1) is 0 Å². The zero-order valence-corrected chi connectivity index (χ0v) is 9.70. The van der Waals surface area contributed by atoms with Gasteiger partial charge in [-0.25, -0.2) is 4.98 Å². The van der Waals surface area contributed by atoms with Gasteiger partial charge in [-0.1, -0.05) is 41.7 Å². The first kappa shape index (κ1) is 11.3. The highest BCUT2D eigenvalue weighted by Crippen LogP contribution is 2.28. The van der Waals surface area contributed by atoms with Gasteiger partial charge in [0.05, 0.1) is 10.9 Å². The monoisotopic (exact) mass is 243 g/mol. The molecule has 1 amide bonds. The van der Waals surface area contributed by atoms with Crippen molar-refractivity contribution < 1.29 is 4.79 Å². The van der Waals surface area contributed by atoms with Crippen molar-refractivity contribution in [2.24, 2.45) is 0 Å². The Morgan fingerprint density at radius 2 is 2.18 bits per heavy atom. The molecule has 1 N–H and O–H groups in total. The molecule has 84 valence electrons. The Balaban J connectivity index is 2.12. The van der Waals surface area contributed by atoms with E-state index in [1.165, 1.54) is 11.3 Å². The molecule has 2 rings (SSSR count). The fourth-order valence-corrected chi connectivity index (χ4v) is 2.14. The zero-order valence-electron chi connectivity index (χ0n) is 8.88.